The van der Waals surface area contributed by atoms with Crippen LogP contribution in [0.25, 0.3) is 0 Å². The zero-order valence-corrected chi connectivity index (χ0v) is 12.2. The van der Waals surface area contributed by atoms with E-state index in [0.717, 1.165) is 11.1 Å². The van der Waals surface area contributed by atoms with Crippen molar-refractivity contribution in [2.45, 2.75) is 20.8 Å². The Balaban J connectivity index is 2.28. The van der Waals surface area contributed by atoms with E-state index in [1.165, 1.54) is 0 Å². The summed E-state index contributed by atoms with van der Waals surface area (Å²) in [5.41, 5.74) is 2.05. The maximum absolute atomic E-state index is 11.7. The number of carbonyl (C=O) groups is 2. The van der Waals surface area contributed by atoms with E-state index in [1.807, 2.05) is 19.9 Å². The van der Waals surface area contributed by atoms with Gasteiger partial charge in [0.05, 0.1) is 17.2 Å². The van der Waals surface area contributed by atoms with Gasteiger partial charge in [0.1, 0.15) is 6.61 Å². The van der Waals surface area contributed by atoms with Gasteiger partial charge in [0, 0.05) is 6.61 Å². The molecule has 0 bridgehead atoms. The van der Waals surface area contributed by atoms with Crippen LogP contribution in [-0.2, 0) is 24.3 Å². The van der Waals surface area contributed by atoms with Crippen LogP contribution in [0.15, 0.2) is 18.2 Å². The van der Waals surface area contributed by atoms with E-state index in [9.17, 15) is 9.59 Å². The summed E-state index contributed by atoms with van der Waals surface area (Å²) in [4.78, 5) is 31.1. The van der Waals surface area contributed by atoms with Crippen molar-refractivity contribution >= 4 is 12.1 Å². The van der Waals surface area contributed by atoms with Gasteiger partial charge < -0.3 is 9.47 Å². The van der Waals surface area contributed by atoms with Crippen molar-refractivity contribution in [2.24, 2.45) is 0 Å². The molecule has 0 aliphatic heterocycles. The zero-order chi connectivity index (χ0) is 15.7. The van der Waals surface area contributed by atoms with Gasteiger partial charge in [0.25, 0.3) is 0 Å². The fraction of sp³-hybridized carbons (Fsp3) is 0.429. The summed E-state index contributed by atoms with van der Waals surface area (Å²) in [7, 11) is 0. The van der Waals surface area contributed by atoms with Crippen LogP contribution in [0.3, 0.4) is 0 Å². The highest BCUT2D eigenvalue weighted by Gasteiger charge is 2.14. The molecule has 1 aromatic carbocycles. The highest BCUT2D eigenvalue weighted by atomic mass is 17.5. The second-order valence-electron chi connectivity index (χ2n) is 4.14. The van der Waals surface area contributed by atoms with Crippen LogP contribution in [0.1, 0.15) is 28.4 Å². The van der Waals surface area contributed by atoms with Gasteiger partial charge in [0.15, 0.2) is 0 Å². The molecule has 0 radical (unpaired) electrons. The van der Waals surface area contributed by atoms with E-state index < -0.39 is 12.1 Å². The fourth-order valence-corrected chi connectivity index (χ4v) is 1.52. The van der Waals surface area contributed by atoms with Crippen molar-refractivity contribution in [3.63, 3.8) is 0 Å². The minimum Gasteiger partial charge on any atom is -0.430 e. The Hall–Kier alpha value is -2.12. The van der Waals surface area contributed by atoms with Crippen LogP contribution in [0.4, 0.5) is 4.79 Å². The molecule has 0 amide bonds. The third-order valence-electron chi connectivity index (χ3n) is 2.47. The molecule has 0 spiro atoms. The summed E-state index contributed by atoms with van der Waals surface area (Å²) in [5.74, 6) is -0.769. The van der Waals surface area contributed by atoms with Gasteiger partial charge in [0.2, 0.25) is 0 Å². The average Bonchev–Trinajstić information content (AvgIpc) is 2.43. The van der Waals surface area contributed by atoms with Gasteiger partial charge in [-0.05, 0) is 32.4 Å². The Kier molecular flexibility index (Phi) is 7.20. The van der Waals surface area contributed by atoms with E-state index in [2.05, 4.69) is 19.6 Å². The minimum absolute atomic E-state index is 0.0149. The molecule has 7 nitrogen and oxygen atoms in total. The molecule has 116 valence electrons. The maximum atomic E-state index is 11.7. The summed E-state index contributed by atoms with van der Waals surface area (Å²) < 4.78 is 9.52. The van der Waals surface area contributed by atoms with Crippen molar-refractivity contribution in [2.75, 3.05) is 19.8 Å². The molecule has 0 aliphatic rings. The van der Waals surface area contributed by atoms with Gasteiger partial charge >= 0.3 is 12.1 Å². The third kappa shape index (κ3) is 6.24. The van der Waals surface area contributed by atoms with Crippen LogP contribution in [0.5, 0.6) is 0 Å². The average molecular weight is 298 g/mol. The first-order valence-electron chi connectivity index (χ1n) is 6.42. The molecule has 0 aliphatic carbocycles. The second kappa shape index (κ2) is 8.93. The molecule has 0 unspecified atom stereocenters. The molecular weight excluding hydrogens is 280 g/mol. The molecule has 7 heteroatoms. The van der Waals surface area contributed by atoms with Gasteiger partial charge in [-0.15, -0.1) is 0 Å². The summed E-state index contributed by atoms with van der Waals surface area (Å²) in [6.45, 7) is 6.25. The van der Waals surface area contributed by atoms with Gasteiger partial charge in [-0.1, -0.05) is 17.7 Å². The summed E-state index contributed by atoms with van der Waals surface area (Å²) >= 11 is 0. The highest BCUT2D eigenvalue weighted by molar-refractivity contribution is 5.90. The number of ether oxygens (including phenoxy) is 2. The zero-order valence-electron chi connectivity index (χ0n) is 12.2. The molecule has 0 fully saturated rings. The molecule has 0 heterocycles. The van der Waals surface area contributed by atoms with Crippen molar-refractivity contribution in [1.82, 2.24) is 0 Å². The number of hydrogen-bond donors (Lipinski definition) is 0. The van der Waals surface area contributed by atoms with Crippen LogP contribution < -0.4 is 0 Å². The quantitative estimate of drug-likeness (QED) is 0.331. The fourth-order valence-electron chi connectivity index (χ4n) is 1.52. The Morgan fingerprint density at radius 1 is 1.10 bits per heavy atom. The number of benzene rings is 1. The Bertz CT molecular complexity index is 484. The number of carbonyl (C=O) groups excluding carboxylic acids is 2. The predicted octanol–water partition coefficient (Wildman–Crippen LogP) is 2.50. The van der Waals surface area contributed by atoms with E-state index in [-0.39, 0.29) is 13.2 Å². The first-order chi connectivity index (χ1) is 10.0. The van der Waals surface area contributed by atoms with Crippen LogP contribution in [-0.4, -0.2) is 31.9 Å². The second-order valence-corrected chi connectivity index (χ2v) is 4.14. The Labute approximate surface area is 122 Å². The molecule has 0 N–H and O–H groups in total. The van der Waals surface area contributed by atoms with Crippen molar-refractivity contribution in [3.8, 4) is 0 Å². The normalized spacial score (nSPS) is 10.0. The van der Waals surface area contributed by atoms with Crippen LogP contribution in [0.2, 0.25) is 0 Å². The lowest BCUT2D eigenvalue weighted by molar-refractivity contribution is -0.452. The third-order valence-corrected chi connectivity index (χ3v) is 2.47. The van der Waals surface area contributed by atoms with Crippen molar-refractivity contribution in [1.29, 1.82) is 0 Å². The minimum atomic E-state index is -1.12. The highest BCUT2D eigenvalue weighted by Crippen LogP contribution is 2.12. The van der Waals surface area contributed by atoms with Crippen molar-refractivity contribution < 1.29 is 33.9 Å². The molecule has 1 aromatic rings. The Morgan fingerprint density at radius 2 is 1.86 bits per heavy atom. The summed E-state index contributed by atoms with van der Waals surface area (Å²) in [6, 6.07) is 5.17. The molecular formula is C14H18O7. The van der Waals surface area contributed by atoms with Crippen LogP contribution >= 0.6 is 0 Å². The first-order valence-corrected chi connectivity index (χ1v) is 6.42. The maximum Gasteiger partial charge on any atom is 0.543 e. The van der Waals surface area contributed by atoms with E-state index in [1.54, 1.807) is 19.1 Å². The molecule has 0 saturated carbocycles. The van der Waals surface area contributed by atoms with Gasteiger partial charge in [-0.2, -0.15) is 0 Å². The lowest BCUT2D eigenvalue weighted by Crippen LogP contribution is -2.15. The van der Waals surface area contributed by atoms with E-state index >= 15 is 0 Å². The largest absolute Gasteiger partial charge is 0.543 e. The van der Waals surface area contributed by atoms with Crippen molar-refractivity contribution in [3.05, 3.63) is 34.9 Å². The monoisotopic (exact) mass is 298 g/mol. The summed E-state index contributed by atoms with van der Waals surface area (Å²) in [5, 5.41) is 4.09. The molecule has 1 rings (SSSR count). The number of aryl methyl sites for hydroxylation is 2. The lowest BCUT2D eigenvalue weighted by atomic mass is 10.1. The topological polar surface area (TPSA) is 80.3 Å². The smallest absolute Gasteiger partial charge is 0.430 e. The SMILES string of the molecule is CCOCCOC(=O)OOOC(=O)c1ccc(C)cc1C. The summed E-state index contributed by atoms with van der Waals surface area (Å²) in [6.07, 6.45) is -1.12. The molecule has 0 saturated heterocycles. The lowest BCUT2D eigenvalue weighted by Gasteiger charge is -2.06. The molecule has 0 aromatic heterocycles. The standard InChI is InChI=1S/C14H18O7/c1-4-17-7-8-18-14(16)20-21-19-13(15)12-6-5-10(2)9-11(12)3/h5-6,9H,4,7-8H2,1-3H3. The Morgan fingerprint density at radius 3 is 2.52 bits per heavy atom. The number of rotatable bonds is 7. The van der Waals surface area contributed by atoms with Gasteiger partial charge in [-0.3, -0.25) is 4.89 Å². The van der Waals surface area contributed by atoms with Gasteiger partial charge in [-0.25, -0.2) is 14.5 Å². The van der Waals surface area contributed by atoms with E-state index in [0.29, 0.717) is 12.2 Å². The van der Waals surface area contributed by atoms with E-state index in [4.69, 9.17) is 4.74 Å². The molecule has 0 atom stereocenters. The first kappa shape index (κ1) is 16.9. The molecule has 21 heavy (non-hydrogen) atoms. The van der Waals surface area contributed by atoms with Crippen LogP contribution in [0, 0.1) is 13.8 Å². The predicted molar refractivity (Wildman–Crippen MR) is 71.3 cm³/mol. The number of hydrogen-bond acceptors (Lipinski definition) is 7.